The van der Waals surface area contributed by atoms with Crippen LogP contribution in [0.1, 0.15) is 17.2 Å². The Hall–Kier alpha value is -3.72. The van der Waals surface area contributed by atoms with Gasteiger partial charge in [-0.05, 0) is 35.9 Å². The smallest absolute Gasteiger partial charge is 0.295 e. The lowest BCUT2D eigenvalue weighted by molar-refractivity contribution is -0.140. The van der Waals surface area contributed by atoms with Crippen molar-refractivity contribution in [3.8, 4) is 23.0 Å². The molecule has 1 saturated heterocycles. The van der Waals surface area contributed by atoms with Gasteiger partial charge in [0.2, 0.25) is 0 Å². The summed E-state index contributed by atoms with van der Waals surface area (Å²) in [6, 6.07) is 8.45. The predicted octanol–water partition coefficient (Wildman–Crippen LogP) is 2.24. The highest BCUT2D eigenvalue weighted by Crippen LogP contribution is 2.42. The van der Waals surface area contributed by atoms with Crippen molar-refractivity contribution >= 4 is 17.4 Å². The second kappa shape index (κ2) is 8.80. The van der Waals surface area contributed by atoms with Crippen LogP contribution >= 0.6 is 0 Å². The summed E-state index contributed by atoms with van der Waals surface area (Å²) in [4.78, 5) is 27.1. The molecule has 1 unspecified atom stereocenters. The van der Waals surface area contributed by atoms with Gasteiger partial charge in [-0.3, -0.25) is 9.59 Å². The van der Waals surface area contributed by atoms with Gasteiger partial charge in [-0.25, -0.2) is 0 Å². The van der Waals surface area contributed by atoms with Gasteiger partial charge in [-0.2, -0.15) is 0 Å². The van der Waals surface area contributed by atoms with E-state index < -0.39 is 17.7 Å². The first kappa shape index (κ1) is 21.5. The van der Waals surface area contributed by atoms with Crippen molar-refractivity contribution in [2.45, 2.75) is 6.04 Å². The van der Waals surface area contributed by atoms with Gasteiger partial charge in [0.1, 0.15) is 19.0 Å². The standard InChI is InChI=1S/C23H23NO8/c1-29-8-7-24-20(13-3-5-16(30-2)15(25)11-13)19(22(27)23(24)28)21(26)14-4-6-17-18(12-14)32-10-9-31-17/h3-6,11-12,20,25-26H,7-10H2,1-2H3/b21-19-. The average Bonchev–Trinajstić information content (AvgIpc) is 3.06. The minimum atomic E-state index is -0.921. The lowest BCUT2D eigenvalue weighted by Crippen LogP contribution is -2.32. The molecule has 1 atom stereocenters. The van der Waals surface area contributed by atoms with Gasteiger partial charge in [0.25, 0.3) is 11.7 Å². The van der Waals surface area contributed by atoms with E-state index in [-0.39, 0.29) is 36.0 Å². The third-order valence-corrected chi connectivity index (χ3v) is 5.41. The van der Waals surface area contributed by atoms with Gasteiger partial charge in [0.15, 0.2) is 23.0 Å². The first-order chi connectivity index (χ1) is 15.5. The number of aliphatic hydroxyl groups excluding tert-OH is 1. The van der Waals surface area contributed by atoms with Crippen LogP contribution in [0.15, 0.2) is 42.0 Å². The van der Waals surface area contributed by atoms with Gasteiger partial charge >= 0.3 is 0 Å². The van der Waals surface area contributed by atoms with Crippen LogP contribution in [0.4, 0.5) is 0 Å². The van der Waals surface area contributed by atoms with Crippen LogP contribution in [0, 0.1) is 0 Å². The molecule has 1 fully saturated rings. The lowest BCUT2D eigenvalue weighted by Gasteiger charge is -2.25. The second-order valence-corrected chi connectivity index (χ2v) is 7.28. The molecule has 32 heavy (non-hydrogen) atoms. The van der Waals surface area contributed by atoms with Gasteiger partial charge in [-0.1, -0.05) is 6.07 Å². The fraction of sp³-hybridized carbons (Fsp3) is 0.304. The molecule has 1 amide bonds. The number of carbonyl (C=O) groups excluding carboxylic acids is 2. The maximum atomic E-state index is 13.0. The zero-order valence-corrected chi connectivity index (χ0v) is 17.7. The van der Waals surface area contributed by atoms with Crippen LogP contribution in [0.5, 0.6) is 23.0 Å². The number of nitrogens with zero attached hydrogens (tertiary/aromatic N) is 1. The number of methoxy groups -OCH3 is 2. The molecule has 9 nitrogen and oxygen atoms in total. The summed E-state index contributed by atoms with van der Waals surface area (Å²) in [5.74, 6) is -0.871. The highest BCUT2D eigenvalue weighted by molar-refractivity contribution is 6.46. The van der Waals surface area contributed by atoms with Gasteiger partial charge in [-0.15, -0.1) is 0 Å². The van der Waals surface area contributed by atoms with E-state index in [0.717, 1.165) is 0 Å². The molecule has 0 aromatic heterocycles. The van der Waals surface area contributed by atoms with Crippen molar-refractivity contribution in [2.75, 3.05) is 40.6 Å². The summed E-state index contributed by atoms with van der Waals surface area (Å²) in [6.45, 7) is 1.10. The number of ketones is 1. The number of aliphatic hydroxyl groups is 1. The van der Waals surface area contributed by atoms with Gasteiger partial charge in [0.05, 0.1) is 25.3 Å². The topological polar surface area (TPSA) is 115 Å². The van der Waals surface area contributed by atoms with E-state index in [1.165, 1.54) is 31.3 Å². The number of rotatable bonds is 6. The molecule has 168 valence electrons. The van der Waals surface area contributed by atoms with E-state index >= 15 is 0 Å². The van der Waals surface area contributed by atoms with E-state index in [4.69, 9.17) is 18.9 Å². The molecule has 0 aliphatic carbocycles. The molecule has 9 heteroatoms. The first-order valence-electron chi connectivity index (χ1n) is 10.0. The van der Waals surface area contributed by atoms with E-state index in [9.17, 15) is 19.8 Å². The van der Waals surface area contributed by atoms with Gasteiger partial charge in [0, 0.05) is 19.2 Å². The normalized spacial score (nSPS) is 19.3. The van der Waals surface area contributed by atoms with E-state index in [0.29, 0.717) is 35.8 Å². The Labute approximate surface area is 184 Å². The highest BCUT2D eigenvalue weighted by atomic mass is 16.6. The molecule has 2 aromatic rings. The molecule has 2 aliphatic heterocycles. The number of hydrogen-bond acceptors (Lipinski definition) is 8. The summed E-state index contributed by atoms with van der Waals surface area (Å²) in [5.41, 5.74) is 0.659. The molecule has 2 aromatic carbocycles. The van der Waals surface area contributed by atoms with Crippen LogP contribution in [-0.4, -0.2) is 67.4 Å². The maximum Gasteiger partial charge on any atom is 0.295 e. The van der Waals surface area contributed by atoms with Crippen LogP contribution in [0.25, 0.3) is 5.76 Å². The molecule has 0 radical (unpaired) electrons. The second-order valence-electron chi connectivity index (χ2n) is 7.28. The number of fused-ring (bicyclic) bond motifs is 1. The van der Waals surface area contributed by atoms with E-state index in [2.05, 4.69) is 0 Å². The van der Waals surface area contributed by atoms with Crippen LogP contribution in [-0.2, 0) is 14.3 Å². The number of likely N-dealkylation sites (tertiary alicyclic amines) is 1. The van der Waals surface area contributed by atoms with Crippen molar-refractivity contribution in [3.63, 3.8) is 0 Å². The minimum Gasteiger partial charge on any atom is -0.507 e. The number of carbonyl (C=O) groups is 2. The number of benzene rings is 2. The zero-order chi connectivity index (χ0) is 22.8. The number of Topliss-reactive ketones (excluding diaryl/α,β-unsaturated/α-hetero) is 1. The van der Waals surface area contributed by atoms with Crippen LogP contribution in [0.2, 0.25) is 0 Å². The predicted molar refractivity (Wildman–Crippen MR) is 113 cm³/mol. The van der Waals surface area contributed by atoms with Crippen LogP contribution in [0.3, 0.4) is 0 Å². The van der Waals surface area contributed by atoms with Crippen molar-refractivity contribution in [1.29, 1.82) is 0 Å². The number of phenolic OH excluding ortho intramolecular Hbond substituents is 1. The average molecular weight is 441 g/mol. The summed E-state index contributed by atoms with van der Waals surface area (Å²) < 4.78 is 21.2. The number of hydrogen-bond donors (Lipinski definition) is 2. The fourth-order valence-electron chi connectivity index (χ4n) is 3.87. The molecular formula is C23H23NO8. The summed E-state index contributed by atoms with van der Waals surface area (Å²) in [7, 11) is 2.90. The van der Waals surface area contributed by atoms with Crippen LogP contribution < -0.4 is 14.2 Å². The number of aromatic hydroxyl groups is 1. The maximum absolute atomic E-state index is 13.0. The largest absolute Gasteiger partial charge is 0.507 e. The third kappa shape index (κ3) is 3.71. The Morgan fingerprint density at radius 2 is 1.84 bits per heavy atom. The number of phenols is 1. The zero-order valence-electron chi connectivity index (χ0n) is 17.7. The molecule has 0 bridgehead atoms. The number of amides is 1. The summed E-state index contributed by atoms with van der Waals surface area (Å²) in [5, 5.41) is 21.4. The fourth-order valence-corrected chi connectivity index (χ4v) is 3.87. The summed E-state index contributed by atoms with van der Waals surface area (Å²) in [6.07, 6.45) is 0. The van der Waals surface area contributed by atoms with E-state index in [1.807, 2.05) is 0 Å². The Balaban J connectivity index is 1.84. The highest BCUT2D eigenvalue weighted by Gasteiger charge is 2.46. The first-order valence-corrected chi connectivity index (χ1v) is 10.0. The Morgan fingerprint density at radius 1 is 1.09 bits per heavy atom. The molecule has 4 rings (SSSR count). The van der Waals surface area contributed by atoms with Crippen molar-refractivity contribution in [1.82, 2.24) is 4.90 Å². The number of ether oxygens (including phenoxy) is 4. The third-order valence-electron chi connectivity index (χ3n) is 5.41. The van der Waals surface area contributed by atoms with Gasteiger partial charge < -0.3 is 34.1 Å². The minimum absolute atomic E-state index is 0.0904. The quantitative estimate of drug-likeness (QED) is 0.399. The van der Waals surface area contributed by atoms with Crippen molar-refractivity contribution in [2.24, 2.45) is 0 Å². The SMILES string of the molecule is COCCN1C(=O)C(=O)/C(=C(\O)c2ccc3c(c2)OCCO3)C1c1ccc(OC)c(O)c1. The molecule has 0 saturated carbocycles. The molecule has 2 aliphatic rings. The van der Waals surface area contributed by atoms with E-state index in [1.54, 1.807) is 24.3 Å². The van der Waals surface area contributed by atoms with Crippen molar-refractivity contribution < 1.29 is 38.7 Å². The summed E-state index contributed by atoms with van der Waals surface area (Å²) >= 11 is 0. The monoisotopic (exact) mass is 441 g/mol. The Bertz CT molecular complexity index is 1090. The Kier molecular flexibility index (Phi) is 5.91. The molecular weight excluding hydrogens is 418 g/mol. The molecule has 0 spiro atoms. The molecule has 2 heterocycles. The van der Waals surface area contributed by atoms with Crippen molar-refractivity contribution in [3.05, 3.63) is 53.1 Å². The lowest BCUT2D eigenvalue weighted by atomic mass is 9.95. The molecule has 2 N–H and O–H groups in total. The Morgan fingerprint density at radius 3 is 2.53 bits per heavy atom.